The van der Waals surface area contributed by atoms with Crippen LogP contribution in [-0.2, 0) is 25.6 Å². The van der Waals surface area contributed by atoms with Gasteiger partial charge in [0.25, 0.3) is 0 Å². The number of benzene rings is 1. The number of ether oxygens (including phenoxy) is 3. The van der Waals surface area contributed by atoms with Crippen LogP contribution in [-0.4, -0.2) is 48.4 Å². The Morgan fingerprint density at radius 2 is 2.04 bits per heavy atom. The number of nitrogens with zero attached hydrogens (tertiary/aromatic N) is 1. The van der Waals surface area contributed by atoms with Crippen LogP contribution >= 0.6 is 0 Å². The molecule has 1 unspecified atom stereocenters. The maximum atomic E-state index is 12.3. The molecule has 23 heavy (non-hydrogen) atoms. The summed E-state index contributed by atoms with van der Waals surface area (Å²) in [6.07, 6.45) is 0.952. The average molecular weight is 319 g/mol. The first-order valence-electron chi connectivity index (χ1n) is 8.00. The number of amides is 1. The van der Waals surface area contributed by atoms with Crippen LogP contribution in [0.5, 0.6) is 0 Å². The molecule has 2 aliphatic heterocycles. The summed E-state index contributed by atoms with van der Waals surface area (Å²) >= 11 is 0. The number of hydrogen-bond acceptors (Lipinski definition) is 5. The minimum absolute atomic E-state index is 0.0667. The van der Waals surface area contributed by atoms with Crippen molar-refractivity contribution < 1.29 is 23.8 Å². The average Bonchev–Trinajstić information content (AvgIpc) is 3.23. The van der Waals surface area contributed by atoms with Gasteiger partial charge in [0, 0.05) is 0 Å². The van der Waals surface area contributed by atoms with E-state index in [9.17, 15) is 9.59 Å². The normalized spacial score (nSPS) is 24.9. The fourth-order valence-electron chi connectivity index (χ4n) is 2.72. The number of hydrogen-bond donors (Lipinski definition) is 0. The molecule has 0 aliphatic carbocycles. The van der Waals surface area contributed by atoms with E-state index in [-0.39, 0.29) is 18.8 Å². The third-order valence-corrected chi connectivity index (χ3v) is 4.07. The smallest absolute Gasteiger partial charge is 0.411 e. The topological polar surface area (TPSA) is 68.4 Å². The fraction of sp³-hybridized carbons (Fsp3) is 0.529. The minimum atomic E-state index is -0.680. The quantitative estimate of drug-likeness (QED) is 0.456. The van der Waals surface area contributed by atoms with Gasteiger partial charge in [0.05, 0.1) is 13.2 Å². The monoisotopic (exact) mass is 319 g/mol. The van der Waals surface area contributed by atoms with E-state index in [0.29, 0.717) is 13.2 Å². The number of likely N-dealkylation sites (tertiary alicyclic amines) is 1. The van der Waals surface area contributed by atoms with Crippen molar-refractivity contribution in [1.29, 1.82) is 0 Å². The first-order valence-corrected chi connectivity index (χ1v) is 8.00. The van der Waals surface area contributed by atoms with Gasteiger partial charge in [-0.3, -0.25) is 4.90 Å². The Kier molecular flexibility index (Phi) is 4.81. The summed E-state index contributed by atoms with van der Waals surface area (Å²) in [5.74, 6) is -0.403. The summed E-state index contributed by atoms with van der Waals surface area (Å²) in [5.41, 5.74) is 0.906. The first kappa shape index (κ1) is 15.8. The summed E-state index contributed by atoms with van der Waals surface area (Å²) in [4.78, 5) is 25.9. The van der Waals surface area contributed by atoms with Crippen molar-refractivity contribution in [2.24, 2.45) is 0 Å². The Bertz CT molecular complexity index is 561. The molecule has 3 rings (SSSR count). The predicted octanol–water partition coefficient (Wildman–Crippen LogP) is 2.12. The molecule has 3 atom stereocenters. The molecule has 2 heterocycles. The lowest BCUT2D eigenvalue weighted by Crippen LogP contribution is -2.46. The van der Waals surface area contributed by atoms with Crippen molar-refractivity contribution in [2.45, 2.75) is 44.6 Å². The van der Waals surface area contributed by atoms with Gasteiger partial charge in [-0.05, 0) is 12.0 Å². The highest BCUT2D eigenvalue weighted by Gasteiger charge is 2.60. The highest BCUT2D eigenvalue weighted by molar-refractivity contribution is 5.83. The number of carbonyl (C=O) groups is 2. The zero-order valence-electron chi connectivity index (χ0n) is 13.1. The Morgan fingerprint density at radius 3 is 2.78 bits per heavy atom. The lowest BCUT2D eigenvalue weighted by atomic mass is 10.2. The fourth-order valence-corrected chi connectivity index (χ4v) is 2.72. The summed E-state index contributed by atoms with van der Waals surface area (Å²) < 4.78 is 15.9. The van der Waals surface area contributed by atoms with Crippen molar-refractivity contribution in [2.75, 3.05) is 13.2 Å². The second-order valence-corrected chi connectivity index (χ2v) is 5.80. The van der Waals surface area contributed by atoms with Crippen LogP contribution in [0.2, 0.25) is 0 Å². The number of morpholine rings is 1. The largest absolute Gasteiger partial charge is 0.464 e. The third-order valence-electron chi connectivity index (χ3n) is 4.07. The first-order chi connectivity index (χ1) is 11.2. The maximum Gasteiger partial charge on any atom is 0.411 e. The molecule has 0 bridgehead atoms. The van der Waals surface area contributed by atoms with E-state index >= 15 is 0 Å². The van der Waals surface area contributed by atoms with Crippen LogP contribution in [0.25, 0.3) is 0 Å². The highest BCUT2D eigenvalue weighted by Crippen LogP contribution is 2.37. The molecule has 1 aromatic rings. The second kappa shape index (κ2) is 7.00. The van der Waals surface area contributed by atoms with Crippen LogP contribution in [0.1, 0.15) is 25.3 Å². The minimum Gasteiger partial charge on any atom is -0.464 e. The number of epoxide rings is 1. The Morgan fingerprint density at radius 1 is 1.26 bits per heavy atom. The molecular weight excluding hydrogens is 298 g/mol. The number of esters is 1. The highest BCUT2D eigenvalue weighted by atomic mass is 16.6. The zero-order valence-corrected chi connectivity index (χ0v) is 13.1. The van der Waals surface area contributed by atoms with Crippen LogP contribution in [0.15, 0.2) is 30.3 Å². The van der Waals surface area contributed by atoms with E-state index in [1.807, 2.05) is 37.3 Å². The van der Waals surface area contributed by atoms with Crippen molar-refractivity contribution in [3.63, 3.8) is 0 Å². The second-order valence-electron chi connectivity index (χ2n) is 5.80. The molecule has 6 nitrogen and oxygen atoms in total. The van der Waals surface area contributed by atoms with Crippen molar-refractivity contribution in [3.8, 4) is 0 Å². The molecular formula is C17H21NO5. The van der Waals surface area contributed by atoms with E-state index in [1.54, 1.807) is 0 Å². The molecule has 0 spiro atoms. The van der Waals surface area contributed by atoms with Crippen LogP contribution in [0.3, 0.4) is 0 Å². The van der Waals surface area contributed by atoms with Crippen molar-refractivity contribution >= 4 is 12.1 Å². The van der Waals surface area contributed by atoms with Gasteiger partial charge in [-0.25, -0.2) is 9.59 Å². The van der Waals surface area contributed by atoms with Crippen LogP contribution in [0.4, 0.5) is 4.79 Å². The molecule has 2 fully saturated rings. The van der Waals surface area contributed by atoms with E-state index < -0.39 is 18.1 Å². The van der Waals surface area contributed by atoms with Gasteiger partial charge in [-0.2, -0.15) is 0 Å². The number of unbranched alkanes of at least 4 members (excludes halogenated alkanes) is 1. The van der Waals surface area contributed by atoms with E-state index in [1.165, 1.54) is 4.90 Å². The van der Waals surface area contributed by atoms with Gasteiger partial charge in [0.1, 0.15) is 18.8 Å². The molecule has 1 aromatic carbocycles. The summed E-state index contributed by atoms with van der Waals surface area (Å²) in [5, 5.41) is 0. The van der Waals surface area contributed by atoms with Gasteiger partial charge in [-0.1, -0.05) is 43.7 Å². The molecule has 2 aliphatic rings. The van der Waals surface area contributed by atoms with Gasteiger partial charge in [0.15, 0.2) is 6.04 Å². The summed E-state index contributed by atoms with van der Waals surface area (Å²) in [6.45, 7) is 2.96. The number of fused-ring (bicyclic) bond motifs is 1. The summed E-state index contributed by atoms with van der Waals surface area (Å²) in [7, 11) is 0. The van der Waals surface area contributed by atoms with E-state index in [4.69, 9.17) is 14.2 Å². The molecule has 6 heteroatoms. The predicted molar refractivity (Wildman–Crippen MR) is 81.6 cm³/mol. The number of rotatable bonds is 6. The molecule has 2 saturated heterocycles. The van der Waals surface area contributed by atoms with Gasteiger partial charge in [-0.15, -0.1) is 0 Å². The molecule has 0 radical (unpaired) electrons. The van der Waals surface area contributed by atoms with E-state index in [2.05, 4.69) is 0 Å². The zero-order chi connectivity index (χ0) is 16.2. The van der Waals surface area contributed by atoms with Crippen LogP contribution < -0.4 is 0 Å². The van der Waals surface area contributed by atoms with E-state index in [0.717, 1.165) is 18.4 Å². The Balaban J connectivity index is 1.55. The molecule has 1 amide bonds. The molecule has 0 N–H and O–H groups in total. The standard InChI is InChI=1S/C17H21NO5/c1-2-3-9-21-16(19)14-15-13(23-15)10-18(14)17(20)22-11-12-7-5-4-6-8-12/h4-8,13-15H,2-3,9-11H2,1H3/t13-,14+,15?/m1/s1. The van der Waals surface area contributed by atoms with Crippen molar-refractivity contribution in [3.05, 3.63) is 35.9 Å². The molecule has 124 valence electrons. The lowest BCUT2D eigenvalue weighted by Gasteiger charge is -2.24. The Hall–Kier alpha value is -2.08. The number of carbonyl (C=O) groups excluding carboxylic acids is 2. The third kappa shape index (κ3) is 3.64. The van der Waals surface area contributed by atoms with Crippen molar-refractivity contribution in [1.82, 2.24) is 4.90 Å². The maximum absolute atomic E-state index is 12.3. The van der Waals surface area contributed by atoms with Gasteiger partial charge < -0.3 is 14.2 Å². The lowest BCUT2D eigenvalue weighted by molar-refractivity contribution is -0.150. The van der Waals surface area contributed by atoms with Gasteiger partial charge >= 0.3 is 12.1 Å². The van der Waals surface area contributed by atoms with Gasteiger partial charge in [0.2, 0.25) is 0 Å². The Labute approximate surface area is 135 Å². The van der Waals surface area contributed by atoms with Crippen LogP contribution in [0, 0.1) is 0 Å². The molecule has 0 saturated carbocycles. The SMILES string of the molecule is CCCCOC(=O)[C@@H]1C2O[C@@H]2CN1C(=O)OCc1ccccc1. The molecule has 0 aromatic heterocycles. The summed E-state index contributed by atoms with van der Waals surface area (Å²) in [6, 6.07) is 8.76.